The number of hydrogen-bond acceptors (Lipinski definition) is 10. The first kappa shape index (κ1) is 32.2. The molecule has 5 heterocycles. The molecular weight excluding hydrogens is 630 g/mol. The van der Waals surface area contributed by atoms with Crippen molar-refractivity contribution in [3.8, 4) is 16.6 Å². The number of amides is 1. The predicted molar refractivity (Wildman–Crippen MR) is 163 cm³/mol. The van der Waals surface area contributed by atoms with Gasteiger partial charge >= 0.3 is 6.18 Å². The average molecular weight is 666 g/mol. The van der Waals surface area contributed by atoms with Crippen LogP contribution in [0.4, 0.5) is 23.2 Å². The number of piperidine rings is 2. The highest BCUT2D eigenvalue weighted by atomic mass is 32.1. The summed E-state index contributed by atoms with van der Waals surface area (Å²) in [6.45, 7) is 2.45. The summed E-state index contributed by atoms with van der Waals surface area (Å²) < 4.78 is 74.8. The van der Waals surface area contributed by atoms with E-state index in [1.54, 1.807) is 25.2 Å². The van der Waals surface area contributed by atoms with Crippen LogP contribution in [0.2, 0.25) is 0 Å². The topological polar surface area (TPSA) is 128 Å². The van der Waals surface area contributed by atoms with Crippen LogP contribution in [0.15, 0.2) is 28.9 Å². The molecule has 2 aliphatic heterocycles. The maximum Gasteiger partial charge on any atom is 0.393 e. The molecule has 2 bridgehead atoms. The normalized spacial score (nSPS) is 23.1. The fourth-order valence-electron chi connectivity index (χ4n) is 6.36. The molecule has 16 heteroatoms. The van der Waals surface area contributed by atoms with E-state index < -0.39 is 30.7 Å². The molecule has 4 aromatic rings. The van der Waals surface area contributed by atoms with Gasteiger partial charge in [0.05, 0.1) is 40.9 Å². The second-order valence-corrected chi connectivity index (χ2v) is 12.9. The maximum absolute atomic E-state index is 15.5. The minimum absolute atomic E-state index is 0.00130. The largest absolute Gasteiger partial charge is 0.474 e. The number of carbonyl (C=O) groups excluding carboxylic acids is 1. The van der Waals surface area contributed by atoms with Crippen LogP contribution >= 0.6 is 11.3 Å². The number of carbonyl (C=O) groups is 1. The quantitative estimate of drug-likeness (QED) is 0.149. The third-order valence-corrected chi connectivity index (χ3v) is 9.55. The Balaban J connectivity index is 1.23. The van der Waals surface area contributed by atoms with E-state index in [-0.39, 0.29) is 58.8 Å². The number of methoxy groups -OCH3 is 1. The number of nitrogens with zero attached hydrogens (tertiary/aromatic N) is 4. The molecule has 2 fully saturated rings. The lowest BCUT2D eigenvalue weighted by atomic mass is 9.78. The van der Waals surface area contributed by atoms with Crippen LogP contribution in [0.5, 0.6) is 5.88 Å². The Bertz CT molecular complexity index is 1690. The third kappa shape index (κ3) is 6.98. The number of fused-ring (bicyclic) bond motifs is 3. The van der Waals surface area contributed by atoms with Crippen molar-refractivity contribution in [3.63, 3.8) is 0 Å². The number of aromatic nitrogens is 4. The zero-order valence-electron chi connectivity index (χ0n) is 25.5. The lowest BCUT2D eigenvalue weighted by Gasteiger charge is -2.45. The molecule has 3 N–H and O–H groups in total. The van der Waals surface area contributed by atoms with E-state index in [4.69, 9.17) is 14.0 Å². The van der Waals surface area contributed by atoms with Crippen molar-refractivity contribution in [1.29, 1.82) is 0 Å². The van der Waals surface area contributed by atoms with Crippen molar-refractivity contribution < 1.29 is 36.4 Å². The molecule has 11 nitrogen and oxygen atoms in total. The number of halogens is 4. The Labute approximate surface area is 266 Å². The minimum atomic E-state index is -4.51. The van der Waals surface area contributed by atoms with E-state index in [1.165, 1.54) is 18.0 Å². The second-order valence-electron chi connectivity index (χ2n) is 11.9. The van der Waals surface area contributed by atoms with Crippen LogP contribution in [0, 0.1) is 5.92 Å². The summed E-state index contributed by atoms with van der Waals surface area (Å²) in [6, 6.07) is 4.50. The Kier molecular flexibility index (Phi) is 9.21. The molecule has 0 saturated carbocycles. The number of thiophene rings is 1. The van der Waals surface area contributed by atoms with Crippen LogP contribution in [-0.4, -0.2) is 76.6 Å². The fraction of sp³-hybridized carbons (Fsp3) is 0.533. The molecule has 1 amide bonds. The molecule has 0 spiro atoms. The van der Waals surface area contributed by atoms with E-state index in [9.17, 15) is 18.0 Å². The number of ether oxygens (including phenoxy) is 2. The fourth-order valence-corrected chi connectivity index (χ4v) is 7.58. The number of anilines is 1. The van der Waals surface area contributed by atoms with Crippen LogP contribution < -0.4 is 20.7 Å². The van der Waals surface area contributed by atoms with E-state index in [0.717, 1.165) is 24.2 Å². The Hall–Kier alpha value is -3.76. The van der Waals surface area contributed by atoms with Gasteiger partial charge in [0.1, 0.15) is 18.3 Å². The van der Waals surface area contributed by atoms with Crippen LogP contribution in [0.1, 0.15) is 48.0 Å². The monoisotopic (exact) mass is 665 g/mol. The number of alkyl halides is 4. The van der Waals surface area contributed by atoms with Gasteiger partial charge in [0, 0.05) is 32.4 Å². The Morgan fingerprint density at radius 2 is 2.07 bits per heavy atom. The number of nitrogens with one attached hydrogen (secondary N) is 3. The number of hydrogen-bond donors (Lipinski definition) is 3. The van der Waals surface area contributed by atoms with Gasteiger partial charge < -0.3 is 29.9 Å². The summed E-state index contributed by atoms with van der Waals surface area (Å²) in [5.74, 6) is 0.00657. The van der Waals surface area contributed by atoms with Crippen molar-refractivity contribution in [2.45, 2.75) is 69.6 Å². The van der Waals surface area contributed by atoms with E-state index in [2.05, 4.69) is 38.1 Å². The molecule has 0 aliphatic carbocycles. The average Bonchev–Trinajstić information content (AvgIpc) is 3.71. The van der Waals surface area contributed by atoms with Crippen molar-refractivity contribution in [2.75, 3.05) is 25.6 Å². The van der Waals surface area contributed by atoms with E-state index in [1.807, 2.05) is 0 Å². The van der Waals surface area contributed by atoms with Gasteiger partial charge in [0.25, 0.3) is 5.91 Å². The Morgan fingerprint density at radius 1 is 1.24 bits per heavy atom. The highest BCUT2D eigenvalue weighted by molar-refractivity contribution is 7.23. The Morgan fingerprint density at radius 3 is 2.85 bits per heavy atom. The molecule has 46 heavy (non-hydrogen) atoms. The second kappa shape index (κ2) is 13.2. The molecule has 2 saturated heterocycles. The zero-order chi connectivity index (χ0) is 32.6. The summed E-state index contributed by atoms with van der Waals surface area (Å²) in [5, 5.41) is 17.8. The van der Waals surface area contributed by atoms with E-state index >= 15 is 4.39 Å². The summed E-state index contributed by atoms with van der Waals surface area (Å²) in [4.78, 5) is 17.4. The lowest BCUT2D eigenvalue weighted by molar-refractivity contribution is -0.126. The first-order valence-electron chi connectivity index (χ1n) is 15.0. The number of aryl methyl sites for hydroxylation is 1. The van der Waals surface area contributed by atoms with Gasteiger partial charge in [-0.25, -0.2) is 4.39 Å². The predicted octanol–water partition coefficient (Wildman–Crippen LogP) is 5.02. The third-order valence-electron chi connectivity index (χ3n) is 8.27. The van der Waals surface area contributed by atoms with Crippen LogP contribution in [-0.2, 0) is 24.8 Å². The molecule has 248 valence electrons. The zero-order valence-corrected chi connectivity index (χ0v) is 26.3. The van der Waals surface area contributed by atoms with Gasteiger partial charge in [-0.15, -0.1) is 16.4 Å². The van der Waals surface area contributed by atoms with Gasteiger partial charge in [-0.05, 0) is 42.2 Å². The standard InChI is InChI=1S/C30H35F4N7O4S/c1-15-9-16-11-22(24(31)21(10-15)36-16)37-20-6-4-5-17-18(12-30(32,33)34)26(46-25(17)20)27-38-23(45-40-27)13-35-28(42)19-14-41(2)39-29(19)44-8-7-43-3/h4-6,14-16,21-22,24,36-37H,7-13H2,1-3H3,(H,35,42)/t15-,16-,21?,22-,24+/m1/s1. The summed E-state index contributed by atoms with van der Waals surface area (Å²) >= 11 is 1.09. The number of rotatable bonds is 11. The smallest absolute Gasteiger partial charge is 0.393 e. The summed E-state index contributed by atoms with van der Waals surface area (Å²) in [6.07, 6.45) is -3.09. The van der Waals surface area contributed by atoms with Crippen LogP contribution in [0.25, 0.3) is 20.8 Å². The maximum atomic E-state index is 15.5. The lowest BCUT2D eigenvalue weighted by Crippen LogP contribution is -2.60. The molecular formula is C30H35F4N7O4S. The minimum Gasteiger partial charge on any atom is -0.474 e. The van der Waals surface area contributed by atoms with Crippen LogP contribution in [0.3, 0.4) is 0 Å². The van der Waals surface area contributed by atoms with Gasteiger partial charge in [-0.2, -0.15) is 18.2 Å². The molecule has 0 radical (unpaired) electrons. The molecule has 3 aromatic heterocycles. The molecule has 1 aromatic carbocycles. The van der Waals surface area contributed by atoms with Crippen molar-refractivity contribution in [2.24, 2.45) is 13.0 Å². The first-order chi connectivity index (χ1) is 22.0. The van der Waals surface area contributed by atoms with Gasteiger partial charge in [-0.1, -0.05) is 24.2 Å². The van der Waals surface area contributed by atoms with Crippen molar-refractivity contribution in [3.05, 3.63) is 41.4 Å². The molecule has 2 aliphatic rings. The molecule has 5 atom stereocenters. The first-order valence-corrected chi connectivity index (χ1v) is 15.8. The van der Waals surface area contributed by atoms with Gasteiger partial charge in [0.2, 0.25) is 17.6 Å². The van der Waals surface area contributed by atoms with E-state index in [0.29, 0.717) is 34.7 Å². The highest BCUT2D eigenvalue weighted by Gasteiger charge is 2.42. The summed E-state index contributed by atoms with van der Waals surface area (Å²) in [7, 11) is 3.16. The number of benzene rings is 1. The van der Waals surface area contributed by atoms with Gasteiger partial charge in [-0.3, -0.25) is 9.48 Å². The summed E-state index contributed by atoms with van der Waals surface area (Å²) in [5.41, 5.74) is 0.750. The van der Waals surface area contributed by atoms with Gasteiger partial charge in [0.15, 0.2) is 0 Å². The van der Waals surface area contributed by atoms with Crippen molar-refractivity contribution in [1.82, 2.24) is 30.6 Å². The van der Waals surface area contributed by atoms with Crippen molar-refractivity contribution >= 4 is 33.0 Å². The molecule has 1 unspecified atom stereocenters. The molecule has 6 rings (SSSR count). The highest BCUT2D eigenvalue weighted by Crippen LogP contribution is 2.44. The SMILES string of the molecule is COCCOc1nn(C)cc1C(=O)NCc1nc(-c2sc3c(N[C@@H]4C[C@H]5C[C@@H](C)CC(N5)[C@@H]4F)cccc3c2CC(F)(F)F)no1.